The van der Waals surface area contributed by atoms with Gasteiger partial charge in [0.1, 0.15) is 11.7 Å². The first-order chi connectivity index (χ1) is 29.8. The molecule has 15 heteroatoms. The Kier molecular flexibility index (Phi) is 9.97. The number of anilines is 4. The van der Waals surface area contributed by atoms with Crippen molar-refractivity contribution in [3.8, 4) is 0 Å². The van der Waals surface area contributed by atoms with Gasteiger partial charge in [-0.1, -0.05) is 12.1 Å². The van der Waals surface area contributed by atoms with E-state index >= 15 is 0 Å². The molecular weight excluding hydrogens is 805 g/mol. The number of carbonyl (C=O) groups is 3. The van der Waals surface area contributed by atoms with Gasteiger partial charge in [-0.3, -0.25) is 34.0 Å². The lowest BCUT2D eigenvalue weighted by atomic mass is 9.63. The van der Waals surface area contributed by atoms with Gasteiger partial charge in [0.2, 0.25) is 17.8 Å². The lowest BCUT2D eigenvalue weighted by Crippen LogP contribution is -2.53. The number of imide groups is 1. The monoisotopic (exact) mass is 856 g/mol. The SMILES string of the molecule is Cc1cc(S(=O)(=O)C2CC3(CCN(CC4CCN(c5ccc6c7c(cccc57)C(=O)N6C5CCC(=O)NC5=O)CC4)CC3)C2)ccc1Nc1ncc2ccc(=O)n(C(C)C)c2n1. The number of fused-ring (bicyclic) bond motifs is 1. The van der Waals surface area contributed by atoms with E-state index in [1.807, 2.05) is 39.0 Å². The Balaban J connectivity index is 0.726. The minimum atomic E-state index is -3.49. The van der Waals surface area contributed by atoms with Gasteiger partial charge in [0, 0.05) is 77.5 Å². The van der Waals surface area contributed by atoms with Crippen molar-refractivity contribution < 1.29 is 22.8 Å². The quantitative estimate of drug-likeness (QED) is 0.160. The van der Waals surface area contributed by atoms with Crippen molar-refractivity contribution in [2.45, 2.75) is 94.4 Å². The average molecular weight is 857 g/mol. The first-order valence-electron chi connectivity index (χ1n) is 22.0. The molecule has 2 aromatic heterocycles. The van der Waals surface area contributed by atoms with Crippen molar-refractivity contribution in [2.24, 2.45) is 11.3 Å². The van der Waals surface area contributed by atoms with E-state index in [0.717, 1.165) is 91.5 Å². The molecule has 4 fully saturated rings. The number of amides is 3. The van der Waals surface area contributed by atoms with E-state index in [1.165, 1.54) is 6.07 Å². The molecule has 5 aromatic rings. The molecule has 3 saturated heterocycles. The summed E-state index contributed by atoms with van der Waals surface area (Å²) >= 11 is 0. The number of carbonyl (C=O) groups excluding carboxylic acids is 3. The molecule has 1 atom stereocenters. The molecule has 1 aliphatic carbocycles. The Bertz CT molecular complexity index is 2840. The number of hydrogen-bond donors (Lipinski definition) is 2. The highest BCUT2D eigenvalue weighted by molar-refractivity contribution is 7.92. The molecule has 14 nitrogen and oxygen atoms in total. The Morgan fingerprint density at radius 1 is 0.903 bits per heavy atom. The zero-order valence-electron chi connectivity index (χ0n) is 35.4. The van der Waals surface area contributed by atoms with Crippen molar-refractivity contribution in [3.05, 3.63) is 88.3 Å². The maximum atomic E-state index is 13.9. The summed E-state index contributed by atoms with van der Waals surface area (Å²) < 4.78 is 29.4. The molecule has 4 aliphatic heterocycles. The van der Waals surface area contributed by atoms with E-state index in [-0.39, 0.29) is 40.5 Å². The number of likely N-dealkylation sites (tertiary alicyclic amines) is 1. The fourth-order valence-electron chi connectivity index (χ4n) is 10.8. The summed E-state index contributed by atoms with van der Waals surface area (Å²) in [6.07, 6.45) is 7.78. The molecule has 6 heterocycles. The van der Waals surface area contributed by atoms with E-state index < -0.39 is 21.8 Å². The smallest absolute Gasteiger partial charge is 0.259 e. The minimum Gasteiger partial charge on any atom is -0.371 e. The fraction of sp³-hybridized carbons (Fsp3) is 0.447. The Morgan fingerprint density at radius 3 is 2.39 bits per heavy atom. The summed E-state index contributed by atoms with van der Waals surface area (Å²) in [6, 6.07) is 17.5. The van der Waals surface area contributed by atoms with E-state index in [1.54, 1.807) is 39.9 Å². The highest BCUT2D eigenvalue weighted by Crippen LogP contribution is 2.53. The Hall–Kier alpha value is -5.67. The average Bonchev–Trinajstić information content (AvgIpc) is 3.52. The normalized spacial score (nSPS) is 21.0. The minimum absolute atomic E-state index is 0.0735. The van der Waals surface area contributed by atoms with Crippen LogP contribution in [-0.2, 0) is 19.4 Å². The van der Waals surface area contributed by atoms with Gasteiger partial charge in [0.05, 0.1) is 15.8 Å². The Labute approximate surface area is 360 Å². The van der Waals surface area contributed by atoms with E-state index in [2.05, 4.69) is 42.5 Å². The molecule has 3 amide bonds. The van der Waals surface area contributed by atoms with Crippen molar-refractivity contribution in [3.63, 3.8) is 0 Å². The zero-order valence-corrected chi connectivity index (χ0v) is 36.2. The summed E-state index contributed by atoms with van der Waals surface area (Å²) in [6.45, 7) is 10.6. The largest absolute Gasteiger partial charge is 0.371 e. The number of aryl methyl sites for hydroxylation is 1. The van der Waals surface area contributed by atoms with Gasteiger partial charge in [-0.25, -0.2) is 13.4 Å². The molecule has 1 unspecified atom stereocenters. The Morgan fingerprint density at radius 2 is 1.66 bits per heavy atom. The number of piperidine rings is 3. The van der Waals surface area contributed by atoms with Crippen LogP contribution in [0.4, 0.5) is 23.0 Å². The number of benzene rings is 3. The van der Waals surface area contributed by atoms with Crippen molar-refractivity contribution in [1.29, 1.82) is 0 Å². The summed E-state index contributed by atoms with van der Waals surface area (Å²) in [7, 11) is -3.49. The topological polar surface area (TPSA) is 167 Å². The molecule has 0 radical (unpaired) electrons. The first-order valence-corrected chi connectivity index (χ1v) is 23.5. The third kappa shape index (κ3) is 6.93. The van der Waals surface area contributed by atoms with Crippen LogP contribution in [0.15, 0.2) is 76.6 Å². The highest BCUT2D eigenvalue weighted by atomic mass is 32.2. The van der Waals surface area contributed by atoms with Crippen molar-refractivity contribution >= 4 is 72.4 Å². The van der Waals surface area contributed by atoms with E-state index in [0.29, 0.717) is 52.9 Å². The molecular formula is C47H52N8O6S. The summed E-state index contributed by atoms with van der Waals surface area (Å²) in [5.41, 5.74) is 4.43. The van der Waals surface area contributed by atoms with Gasteiger partial charge in [-0.15, -0.1) is 0 Å². The van der Waals surface area contributed by atoms with Crippen LogP contribution in [0.5, 0.6) is 0 Å². The number of nitrogens with one attached hydrogen (secondary N) is 2. The fourth-order valence-corrected chi connectivity index (χ4v) is 13.0. The van der Waals surface area contributed by atoms with Gasteiger partial charge in [0.15, 0.2) is 9.84 Å². The number of aromatic nitrogens is 3. The second-order valence-electron chi connectivity index (χ2n) is 18.5. The zero-order chi connectivity index (χ0) is 43.1. The van der Waals surface area contributed by atoms with E-state index in [4.69, 9.17) is 0 Å². The van der Waals surface area contributed by atoms with Gasteiger partial charge in [0.25, 0.3) is 11.5 Å². The lowest BCUT2D eigenvalue weighted by Gasteiger charge is -2.52. The van der Waals surface area contributed by atoms with Gasteiger partial charge in [-0.05, 0) is 138 Å². The lowest BCUT2D eigenvalue weighted by molar-refractivity contribution is -0.134. The molecule has 322 valence electrons. The molecule has 62 heavy (non-hydrogen) atoms. The number of hydrogen-bond acceptors (Lipinski definition) is 11. The van der Waals surface area contributed by atoms with Gasteiger partial charge in [-0.2, -0.15) is 4.98 Å². The third-order valence-electron chi connectivity index (χ3n) is 14.3. The molecule has 0 bridgehead atoms. The molecule has 3 aromatic carbocycles. The molecule has 1 spiro atoms. The van der Waals surface area contributed by atoms with Crippen molar-refractivity contribution in [2.75, 3.05) is 47.8 Å². The van der Waals surface area contributed by atoms with Crippen LogP contribution < -0.4 is 26.0 Å². The number of nitrogens with zero attached hydrogens (tertiary/aromatic N) is 6. The molecule has 2 N–H and O–H groups in total. The van der Waals surface area contributed by atoms with Gasteiger partial charge >= 0.3 is 0 Å². The molecule has 10 rings (SSSR count). The number of sulfone groups is 1. The second kappa shape index (κ2) is 15.3. The van der Waals surface area contributed by atoms with Crippen LogP contribution in [0.3, 0.4) is 0 Å². The maximum Gasteiger partial charge on any atom is 0.259 e. The van der Waals surface area contributed by atoms with Crippen molar-refractivity contribution in [1.82, 2.24) is 24.8 Å². The van der Waals surface area contributed by atoms with E-state index in [9.17, 15) is 27.6 Å². The highest BCUT2D eigenvalue weighted by Gasteiger charge is 2.51. The molecule has 1 saturated carbocycles. The van der Waals surface area contributed by atoms with Crippen LogP contribution in [0.1, 0.15) is 87.2 Å². The second-order valence-corrected chi connectivity index (χ2v) is 20.7. The van der Waals surface area contributed by atoms with Gasteiger partial charge < -0.3 is 15.1 Å². The third-order valence-corrected chi connectivity index (χ3v) is 16.5. The van der Waals surface area contributed by atoms with Crippen LogP contribution in [0, 0.1) is 18.3 Å². The van der Waals surface area contributed by atoms with Crippen LogP contribution in [0.2, 0.25) is 0 Å². The van der Waals surface area contributed by atoms with Crippen LogP contribution >= 0.6 is 0 Å². The number of rotatable bonds is 9. The predicted octanol–water partition coefficient (Wildman–Crippen LogP) is 6.28. The van der Waals surface area contributed by atoms with Crippen LogP contribution in [0.25, 0.3) is 21.8 Å². The van der Waals surface area contributed by atoms with Crippen LogP contribution in [-0.4, -0.2) is 89.6 Å². The standard InChI is InChI=1S/C47H52N8O6S/c1-28(2)54-41(57)14-7-31-26-48-46(51-43(31)54)49-36-9-8-32(23-29(36)3)62(60,61)33-24-47(25-33)17-21-52(22-18-47)27-30-15-19-53(20-16-30)37-10-11-38-42-34(37)5-4-6-35(42)45(59)55(38)39-12-13-40(56)50-44(39)58/h4-11,14,23,26,28,30,33,39H,12-13,15-22,24-25,27H2,1-3H3,(H,48,49,51)(H,50,56,58). The first kappa shape index (κ1) is 40.4. The summed E-state index contributed by atoms with van der Waals surface area (Å²) in [5, 5.41) is 7.92. The maximum absolute atomic E-state index is 13.9. The predicted molar refractivity (Wildman–Crippen MR) is 239 cm³/mol. The number of pyridine rings is 1. The summed E-state index contributed by atoms with van der Waals surface area (Å²) in [4.78, 5) is 66.8. The molecule has 5 aliphatic rings. The summed E-state index contributed by atoms with van der Waals surface area (Å²) in [5.74, 6) is 0.000251.